The van der Waals surface area contributed by atoms with Crippen molar-refractivity contribution in [3.63, 3.8) is 0 Å². The van der Waals surface area contributed by atoms with Crippen LogP contribution in [-0.2, 0) is 0 Å². The molecule has 0 fully saturated rings. The SMILES string of the molecule is CNC(CC(C)(C)C)c1ccccc1OC(F)(F)F. The van der Waals surface area contributed by atoms with Gasteiger partial charge in [0.15, 0.2) is 0 Å². The molecule has 2 nitrogen and oxygen atoms in total. The highest BCUT2D eigenvalue weighted by Crippen LogP contribution is 2.35. The van der Waals surface area contributed by atoms with Gasteiger partial charge in [-0.15, -0.1) is 13.2 Å². The van der Waals surface area contributed by atoms with Crippen molar-refractivity contribution in [2.75, 3.05) is 7.05 Å². The number of ether oxygens (including phenoxy) is 1. The summed E-state index contributed by atoms with van der Waals surface area (Å²) < 4.78 is 41.2. The number of alkyl halides is 3. The summed E-state index contributed by atoms with van der Waals surface area (Å²) in [6.45, 7) is 6.14. The van der Waals surface area contributed by atoms with Gasteiger partial charge < -0.3 is 10.1 Å². The summed E-state index contributed by atoms with van der Waals surface area (Å²) >= 11 is 0. The smallest absolute Gasteiger partial charge is 0.405 e. The predicted octanol–water partition coefficient (Wildman–Crippen LogP) is 4.28. The fourth-order valence-electron chi connectivity index (χ4n) is 1.97. The third-order valence-electron chi connectivity index (χ3n) is 2.69. The number of hydrogen-bond donors (Lipinski definition) is 1. The van der Waals surface area contributed by atoms with Crippen molar-refractivity contribution in [1.29, 1.82) is 0 Å². The molecule has 0 saturated carbocycles. The molecule has 0 saturated heterocycles. The average molecular weight is 275 g/mol. The molecule has 0 spiro atoms. The second-order valence-electron chi connectivity index (χ2n) is 5.69. The molecule has 0 heterocycles. The number of rotatable bonds is 4. The number of hydrogen-bond acceptors (Lipinski definition) is 2. The van der Waals surface area contributed by atoms with Crippen LogP contribution in [0.3, 0.4) is 0 Å². The summed E-state index contributed by atoms with van der Waals surface area (Å²) in [5, 5.41) is 3.05. The quantitative estimate of drug-likeness (QED) is 0.885. The van der Waals surface area contributed by atoms with Crippen molar-refractivity contribution in [3.05, 3.63) is 29.8 Å². The van der Waals surface area contributed by atoms with E-state index in [1.165, 1.54) is 12.1 Å². The predicted molar refractivity (Wildman–Crippen MR) is 69.0 cm³/mol. The van der Waals surface area contributed by atoms with Crippen molar-refractivity contribution >= 4 is 0 Å². The molecule has 0 aliphatic carbocycles. The lowest BCUT2D eigenvalue weighted by atomic mass is 9.85. The monoisotopic (exact) mass is 275 g/mol. The summed E-state index contributed by atoms with van der Waals surface area (Å²) in [6, 6.07) is 6.07. The number of nitrogens with one attached hydrogen (secondary N) is 1. The van der Waals surface area contributed by atoms with E-state index in [0.717, 1.165) is 0 Å². The highest BCUT2D eigenvalue weighted by Gasteiger charge is 2.33. The number of halogens is 3. The minimum atomic E-state index is -4.67. The van der Waals surface area contributed by atoms with Crippen LogP contribution in [0.1, 0.15) is 38.8 Å². The molecule has 0 aromatic heterocycles. The first kappa shape index (κ1) is 15.8. The molecule has 108 valence electrons. The van der Waals surface area contributed by atoms with Crippen LogP contribution in [0.15, 0.2) is 24.3 Å². The Hall–Kier alpha value is -1.23. The molecule has 1 aromatic rings. The van der Waals surface area contributed by atoms with Gasteiger partial charge in [0.2, 0.25) is 0 Å². The Morgan fingerprint density at radius 2 is 1.74 bits per heavy atom. The fourth-order valence-corrected chi connectivity index (χ4v) is 1.97. The van der Waals surface area contributed by atoms with Gasteiger partial charge in [0.1, 0.15) is 5.75 Å². The van der Waals surface area contributed by atoms with Crippen LogP contribution in [-0.4, -0.2) is 13.4 Å². The van der Waals surface area contributed by atoms with Crippen LogP contribution in [0.5, 0.6) is 5.75 Å². The van der Waals surface area contributed by atoms with E-state index in [9.17, 15) is 13.2 Å². The lowest BCUT2D eigenvalue weighted by Crippen LogP contribution is -2.25. The molecule has 0 radical (unpaired) electrons. The maximum atomic E-state index is 12.4. The topological polar surface area (TPSA) is 21.3 Å². The molecule has 0 amide bonds. The van der Waals surface area contributed by atoms with Gasteiger partial charge in [0.05, 0.1) is 0 Å². The first-order chi connectivity index (χ1) is 8.62. The molecule has 1 unspecified atom stereocenters. The molecule has 0 aliphatic rings. The first-order valence-corrected chi connectivity index (χ1v) is 6.14. The van der Waals surface area contributed by atoms with Crippen molar-refractivity contribution in [3.8, 4) is 5.75 Å². The van der Waals surface area contributed by atoms with E-state index in [0.29, 0.717) is 12.0 Å². The molecule has 1 N–H and O–H groups in total. The van der Waals surface area contributed by atoms with Gasteiger partial charge in [-0.3, -0.25) is 0 Å². The molecule has 1 atom stereocenters. The zero-order valence-electron chi connectivity index (χ0n) is 11.6. The number of para-hydroxylation sites is 1. The van der Waals surface area contributed by atoms with E-state index in [2.05, 4.69) is 10.1 Å². The van der Waals surface area contributed by atoms with E-state index in [1.54, 1.807) is 19.2 Å². The Balaban J connectivity index is 3.03. The van der Waals surface area contributed by atoms with Crippen molar-refractivity contribution in [2.45, 2.75) is 39.6 Å². The molecule has 0 aliphatic heterocycles. The summed E-state index contributed by atoms with van der Waals surface area (Å²) in [5.41, 5.74) is 0.524. The van der Waals surface area contributed by atoms with Crippen molar-refractivity contribution < 1.29 is 17.9 Å². The van der Waals surface area contributed by atoms with Crippen LogP contribution >= 0.6 is 0 Å². The minimum Gasteiger partial charge on any atom is -0.405 e. The lowest BCUT2D eigenvalue weighted by Gasteiger charge is -2.27. The zero-order chi connectivity index (χ0) is 14.7. The van der Waals surface area contributed by atoms with Crippen molar-refractivity contribution in [2.24, 2.45) is 5.41 Å². The second kappa shape index (κ2) is 5.82. The Bertz CT molecular complexity index is 410. The van der Waals surface area contributed by atoms with E-state index in [1.807, 2.05) is 20.8 Å². The van der Waals surface area contributed by atoms with Gasteiger partial charge in [-0.25, -0.2) is 0 Å². The van der Waals surface area contributed by atoms with Gasteiger partial charge in [-0.05, 0) is 24.9 Å². The highest BCUT2D eigenvalue weighted by molar-refractivity contribution is 5.36. The molecule has 0 bridgehead atoms. The molecule has 1 rings (SSSR count). The lowest BCUT2D eigenvalue weighted by molar-refractivity contribution is -0.275. The van der Waals surface area contributed by atoms with Gasteiger partial charge in [-0.2, -0.15) is 0 Å². The Morgan fingerprint density at radius 1 is 1.16 bits per heavy atom. The second-order valence-corrected chi connectivity index (χ2v) is 5.69. The van der Waals surface area contributed by atoms with E-state index < -0.39 is 6.36 Å². The van der Waals surface area contributed by atoms with Gasteiger partial charge >= 0.3 is 6.36 Å². The molecule has 19 heavy (non-hydrogen) atoms. The van der Waals surface area contributed by atoms with E-state index >= 15 is 0 Å². The van der Waals surface area contributed by atoms with Crippen molar-refractivity contribution in [1.82, 2.24) is 5.32 Å². The largest absolute Gasteiger partial charge is 0.573 e. The molecule has 1 aromatic carbocycles. The van der Waals surface area contributed by atoms with Crippen LogP contribution in [0.2, 0.25) is 0 Å². The third-order valence-corrected chi connectivity index (χ3v) is 2.69. The summed E-state index contributed by atoms with van der Waals surface area (Å²) in [7, 11) is 1.74. The maximum Gasteiger partial charge on any atom is 0.573 e. The summed E-state index contributed by atoms with van der Waals surface area (Å²) in [6.07, 6.45) is -3.96. The third kappa shape index (κ3) is 5.51. The van der Waals surface area contributed by atoms with Crippen LogP contribution in [0, 0.1) is 5.41 Å². The number of benzene rings is 1. The normalized spacial score (nSPS) is 14.3. The Labute approximate surface area is 112 Å². The van der Waals surface area contributed by atoms with Gasteiger partial charge in [-0.1, -0.05) is 39.0 Å². The maximum absolute atomic E-state index is 12.4. The summed E-state index contributed by atoms with van der Waals surface area (Å²) in [4.78, 5) is 0. The molecule has 5 heteroatoms. The van der Waals surface area contributed by atoms with Crippen LogP contribution in [0.25, 0.3) is 0 Å². The fraction of sp³-hybridized carbons (Fsp3) is 0.571. The average Bonchev–Trinajstić information content (AvgIpc) is 2.23. The van der Waals surface area contributed by atoms with Gasteiger partial charge in [0, 0.05) is 11.6 Å². The first-order valence-electron chi connectivity index (χ1n) is 6.14. The highest BCUT2D eigenvalue weighted by atomic mass is 19.4. The minimum absolute atomic E-state index is 0.000972. The molecular formula is C14H20F3NO. The van der Waals surface area contributed by atoms with Gasteiger partial charge in [0.25, 0.3) is 0 Å². The molecular weight excluding hydrogens is 255 g/mol. The van der Waals surface area contributed by atoms with Crippen LogP contribution < -0.4 is 10.1 Å². The zero-order valence-corrected chi connectivity index (χ0v) is 11.6. The van der Waals surface area contributed by atoms with E-state index in [-0.39, 0.29) is 17.2 Å². The van der Waals surface area contributed by atoms with E-state index in [4.69, 9.17) is 0 Å². The Kier molecular flexibility index (Phi) is 4.85. The standard InChI is InChI=1S/C14H20F3NO/c1-13(2,3)9-11(18-4)10-7-5-6-8-12(10)19-14(15,16)17/h5-8,11,18H,9H2,1-4H3. The Morgan fingerprint density at radius 3 is 2.21 bits per heavy atom. The van der Waals surface area contributed by atoms with Crippen LogP contribution in [0.4, 0.5) is 13.2 Å². The summed E-state index contributed by atoms with van der Waals surface area (Å²) in [5.74, 6) is -0.140.